The summed E-state index contributed by atoms with van der Waals surface area (Å²) in [7, 11) is 0. The number of Topliss-reactive ketones (excluding diaryl/α,β-unsaturated/α-hetero) is 1. The van der Waals surface area contributed by atoms with E-state index in [1.54, 1.807) is 13.8 Å². The third kappa shape index (κ3) is 2.58. The molecule has 3 fully saturated rings. The molecular formula is C24H30F2O5. The summed E-state index contributed by atoms with van der Waals surface area (Å²) in [6, 6.07) is 0. The van der Waals surface area contributed by atoms with E-state index < -0.39 is 58.0 Å². The first-order valence-electron chi connectivity index (χ1n) is 11.1. The lowest BCUT2D eigenvalue weighted by Crippen LogP contribution is -2.70. The van der Waals surface area contributed by atoms with Crippen LogP contribution < -0.4 is 0 Å². The summed E-state index contributed by atoms with van der Waals surface area (Å²) in [5.41, 5.74) is -6.09. The van der Waals surface area contributed by atoms with Gasteiger partial charge in [-0.1, -0.05) is 19.9 Å². The minimum Gasteiger partial charge on any atom is -0.450 e. The Morgan fingerprint density at radius 3 is 2.58 bits per heavy atom. The number of esters is 1. The van der Waals surface area contributed by atoms with Gasteiger partial charge in [0.25, 0.3) is 0 Å². The zero-order valence-corrected chi connectivity index (χ0v) is 18.4. The normalized spacial score (nSPS) is 48.4. The zero-order valence-electron chi connectivity index (χ0n) is 18.4. The number of aliphatic hydroxyl groups excluding tert-OH is 1. The number of carbonyl (C=O) groups excluding carboxylic acids is 3. The summed E-state index contributed by atoms with van der Waals surface area (Å²) in [4.78, 5) is 36.9. The summed E-state index contributed by atoms with van der Waals surface area (Å²) in [6.07, 6.45) is 1.14. The van der Waals surface area contributed by atoms with Gasteiger partial charge in [-0.2, -0.15) is 0 Å². The summed E-state index contributed by atoms with van der Waals surface area (Å²) in [5, 5.41) is 11.2. The number of hydrogen-bond donors (Lipinski definition) is 1. The molecule has 4 aliphatic rings. The largest absolute Gasteiger partial charge is 0.450 e. The molecule has 3 saturated carbocycles. The Kier molecular flexibility index (Phi) is 4.90. The van der Waals surface area contributed by atoms with E-state index >= 15 is 8.78 Å². The lowest BCUT2D eigenvalue weighted by molar-refractivity contribution is -0.228. The van der Waals surface area contributed by atoms with Gasteiger partial charge in [-0.15, -0.1) is 0 Å². The average Bonchev–Trinajstić information content (AvgIpc) is 2.98. The molecule has 0 saturated heterocycles. The van der Waals surface area contributed by atoms with Crippen molar-refractivity contribution in [3.8, 4) is 0 Å². The van der Waals surface area contributed by atoms with Crippen LogP contribution in [0.3, 0.4) is 0 Å². The third-order valence-corrected chi connectivity index (χ3v) is 8.89. The van der Waals surface area contributed by atoms with E-state index in [-0.39, 0.29) is 37.0 Å². The van der Waals surface area contributed by atoms with Gasteiger partial charge in [0, 0.05) is 23.2 Å². The molecule has 0 aromatic rings. The van der Waals surface area contributed by atoms with E-state index in [0.717, 1.165) is 6.08 Å². The highest BCUT2D eigenvalue weighted by Crippen LogP contribution is 2.70. The Morgan fingerprint density at radius 1 is 1.29 bits per heavy atom. The Labute approximate surface area is 180 Å². The van der Waals surface area contributed by atoms with Crippen LogP contribution in [0.1, 0.15) is 59.8 Å². The maximum absolute atomic E-state index is 17.0. The second-order valence-electron chi connectivity index (χ2n) is 10.1. The highest BCUT2D eigenvalue weighted by Gasteiger charge is 2.76. The van der Waals surface area contributed by atoms with Crippen LogP contribution in [0.5, 0.6) is 0 Å². The van der Waals surface area contributed by atoms with Gasteiger partial charge in [-0.05, 0) is 63.2 Å². The lowest BCUT2D eigenvalue weighted by atomic mass is 9.44. The van der Waals surface area contributed by atoms with Crippen molar-refractivity contribution in [2.75, 3.05) is 0 Å². The van der Waals surface area contributed by atoms with Crippen molar-refractivity contribution in [2.24, 2.45) is 22.7 Å². The first-order valence-corrected chi connectivity index (χ1v) is 11.1. The fourth-order valence-corrected chi connectivity index (χ4v) is 7.28. The molecule has 0 aromatic carbocycles. The van der Waals surface area contributed by atoms with Crippen LogP contribution in [-0.4, -0.2) is 46.2 Å². The van der Waals surface area contributed by atoms with Crippen LogP contribution in [-0.2, 0) is 19.1 Å². The molecule has 1 N–H and O–H groups in total. The fourth-order valence-electron chi connectivity index (χ4n) is 7.28. The average molecular weight is 436 g/mol. The van der Waals surface area contributed by atoms with E-state index in [1.807, 2.05) is 0 Å². The Morgan fingerprint density at radius 2 is 1.97 bits per heavy atom. The molecule has 5 unspecified atom stereocenters. The van der Waals surface area contributed by atoms with E-state index in [2.05, 4.69) is 0 Å². The molecule has 31 heavy (non-hydrogen) atoms. The number of rotatable bonds is 3. The smallest absolute Gasteiger partial charge is 0.306 e. The van der Waals surface area contributed by atoms with Crippen molar-refractivity contribution < 1.29 is 33.0 Å². The lowest BCUT2D eigenvalue weighted by Gasteiger charge is -2.63. The first-order chi connectivity index (χ1) is 14.4. The molecule has 5 nitrogen and oxygen atoms in total. The molecule has 0 aromatic heterocycles. The number of allylic oxidation sites excluding steroid dienone is 4. The van der Waals surface area contributed by atoms with E-state index in [4.69, 9.17) is 4.74 Å². The van der Waals surface area contributed by atoms with Crippen LogP contribution in [0, 0.1) is 22.7 Å². The number of aliphatic hydroxyl groups is 1. The van der Waals surface area contributed by atoms with Gasteiger partial charge in [0.2, 0.25) is 0 Å². The SMILES string of the molecule is CCC(=O)O[C@]1(C(C)=O)CCC2C3C[C@H](F)C4=CC(=O)C=CC4(C)[C@@]3(F)C(O)CC21C. The molecule has 4 rings (SSSR count). The van der Waals surface area contributed by atoms with Crippen LogP contribution in [0.25, 0.3) is 0 Å². The first kappa shape index (κ1) is 22.3. The van der Waals surface area contributed by atoms with Crippen molar-refractivity contribution in [1.82, 2.24) is 0 Å². The summed E-state index contributed by atoms with van der Waals surface area (Å²) in [5.74, 6) is -2.60. The van der Waals surface area contributed by atoms with E-state index in [1.165, 1.54) is 26.0 Å². The summed E-state index contributed by atoms with van der Waals surface area (Å²) in [6.45, 7) is 6.29. The Bertz CT molecular complexity index is 912. The predicted octanol–water partition coefficient (Wildman–Crippen LogP) is 3.59. The zero-order chi connectivity index (χ0) is 23.0. The molecule has 0 heterocycles. The van der Waals surface area contributed by atoms with Crippen LogP contribution in [0.15, 0.2) is 23.8 Å². The van der Waals surface area contributed by atoms with E-state index in [0.29, 0.717) is 6.42 Å². The van der Waals surface area contributed by atoms with Crippen LogP contribution in [0.2, 0.25) is 0 Å². The number of alkyl halides is 2. The van der Waals surface area contributed by atoms with Gasteiger partial charge in [-0.25, -0.2) is 8.78 Å². The van der Waals surface area contributed by atoms with Crippen molar-refractivity contribution in [2.45, 2.75) is 83.3 Å². The second kappa shape index (κ2) is 6.80. The van der Waals surface area contributed by atoms with Gasteiger partial charge < -0.3 is 9.84 Å². The van der Waals surface area contributed by atoms with Crippen molar-refractivity contribution in [3.63, 3.8) is 0 Å². The maximum atomic E-state index is 17.0. The minimum atomic E-state index is -2.20. The fraction of sp³-hybridized carbons (Fsp3) is 0.708. The quantitative estimate of drug-likeness (QED) is 0.684. The third-order valence-electron chi connectivity index (χ3n) is 8.89. The molecule has 0 bridgehead atoms. The minimum absolute atomic E-state index is 0.0645. The molecular weight excluding hydrogens is 406 g/mol. The molecule has 4 aliphatic carbocycles. The van der Waals surface area contributed by atoms with Gasteiger partial charge in [0.1, 0.15) is 6.17 Å². The molecule has 0 aliphatic heterocycles. The van der Waals surface area contributed by atoms with Crippen molar-refractivity contribution in [1.29, 1.82) is 0 Å². The van der Waals surface area contributed by atoms with Crippen LogP contribution in [0.4, 0.5) is 8.78 Å². The number of ether oxygens (including phenoxy) is 1. The van der Waals surface area contributed by atoms with Gasteiger partial charge >= 0.3 is 5.97 Å². The number of halogens is 2. The number of fused-ring (bicyclic) bond motifs is 5. The van der Waals surface area contributed by atoms with Crippen molar-refractivity contribution >= 4 is 17.5 Å². The predicted molar refractivity (Wildman–Crippen MR) is 108 cm³/mol. The maximum Gasteiger partial charge on any atom is 0.306 e. The number of ketones is 2. The number of carbonyl (C=O) groups is 3. The monoisotopic (exact) mass is 436 g/mol. The molecule has 7 heteroatoms. The van der Waals surface area contributed by atoms with Gasteiger partial charge in [-0.3, -0.25) is 14.4 Å². The Balaban J connectivity index is 1.84. The summed E-state index contributed by atoms with van der Waals surface area (Å²) >= 11 is 0. The van der Waals surface area contributed by atoms with Crippen molar-refractivity contribution in [3.05, 3.63) is 23.8 Å². The highest BCUT2D eigenvalue weighted by atomic mass is 19.1. The molecule has 170 valence electrons. The molecule has 0 radical (unpaired) electrons. The second-order valence-corrected chi connectivity index (χ2v) is 10.1. The summed E-state index contributed by atoms with van der Waals surface area (Å²) < 4.78 is 38.1. The molecule has 8 atom stereocenters. The molecule has 0 spiro atoms. The standard InChI is InChI=1S/C24H30F2O5/c1-5-20(30)31-23(13(2)27)9-7-15-16-11-18(25)17-10-14(28)6-8-21(17,3)24(16,26)19(29)12-22(15,23)4/h6,8,10,15-16,18-19,29H,5,7,9,11-12H2,1-4H3/t15?,16?,18-,19?,21?,22?,23-,24-/m0/s1. The van der Waals surface area contributed by atoms with Crippen LogP contribution >= 0.6 is 0 Å². The molecule has 0 amide bonds. The highest BCUT2D eigenvalue weighted by molar-refractivity contribution is 6.01. The van der Waals surface area contributed by atoms with Gasteiger partial charge in [0.05, 0.1) is 6.10 Å². The Hall–Kier alpha value is -1.89. The topological polar surface area (TPSA) is 80.7 Å². The number of hydrogen-bond acceptors (Lipinski definition) is 5. The van der Waals surface area contributed by atoms with Gasteiger partial charge in [0.15, 0.2) is 22.8 Å². The van der Waals surface area contributed by atoms with E-state index in [9.17, 15) is 19.5 Å².